The van der Waals surface area contributed by atoms with Crippen LogP contribution in [0.15, 0.2) is 24.3 Å². The number of hydrogen-bond acceptors (Lipinski definition) is 2. The maximum Gasteiger partial charge on any atom is 0.127 e. The van der Waals surface area contributed by atoms with E-state index in [2.05, 4.69) is 11.8 Å². The molecule has 1 saturated heterocycles. The second-order valence-corrected chi connectivity index (χ2v) is 4.85. The Morgan fingerprint density at radius 1 is 1.41 bits per heavy atom. The number of piperidine rings is 1. The van der Waals surface area contributed by atoms with Gasteiger partial charge in [0.1, 0.15) is 5.82 Å². The standard InChI is InChI=1S/C14H20FNO/c1-2-11-9-16(8-7-14(11)17)10-12-5-3-4-6-13(12)15/h3-6,11,14,17H,2,7-10H2,1H3. The molecule has 0 spiro atoms. The first-order chi connectivity index (χ1) is 8.20. The van der Waals surface area contributed by atoms with Crippen molar-refractivity contribution in [2.75, 3.05) is 13.1 Å². The van der Waals surface area contributed by atoms with Crippen molar-refractivity contribution in [2.24, 2.45) is 5.92 Å². The first-order valence-corrected chi connectivity index (χ1v) is 6.34. The van der Waals surface area contributed by atoms with Gasteiger partial charge in [-0.15, -0.1) is 0 Å². The smallest absolute Gasteiger partial charge is 0.127 e. The van der Waals surface area contributed by atoms with E-state index in [1.54, 1.807) is 6.07 Å². The van der Waals surface area contributed by atoms with Gasteiger partial charge in [-0.1, -0.05) is 25.1 Å². The number of likely N-dealkylation sites (tertiary alicyclic amines) is 1. The molecule has 1 aliphatic heterocycles. The van der Waals surface area contributed by atoms with E-state index in [9.17, 15) is 9.50 Å². The minimum absolute atomic E-state index is 0.133. The zero-order chi connectivity index (χ0) is 12.3. The highest BCUT2D eigenvalue weighted by Gasteiger charge is 2.26. The Kier molecular flexibility index (Phi) is 4.13. The summed E-state index contributed by atoms with van der Waals surface area (Å²) in [5, 5.41) is 9.81. The minimum Gasteiger partial charge on any atom is -0.393 e. The molecule has 0 bridgehead atoms. The van der Waals surface area contributed by atoms with Gasteiger partial charge < -0.3 is 5.11 Å². The van der Waals surface area contributed by atoms with Crippen LogP contribution in [0.25, 0.3) is 0 Å². The van der Waals surface area contributed by atoms with E-state index in [4.69, 9.17) is 0 Å². The summed E-state index contributed by atoms with van der Waals surface area (Å²) < 4.78 is 13.5. The zero-order valence-corrected chi connectivity index (χ0v) is 10.3. The first kappa shape index (κ1) is 12.5. The van der Waals surface area contributed by atoms with Crippen LogP contribution in [0.4, 0.5) is 4.39 Å². The largest absolute Gasteiger partial charge is 0.393 e. The molecular weight excluding hydrogens is 217 g/mol. The number of rotatable bonds is 3. The molecule has 1 aromatic carbocycles. The van der Waals surface area contributed by atoms with Crippen molar-refractivity contribution >= 4 is 0 Å². The molecule has 2 unspecified atom stereocenters. The van der Waals surface area contributed by atoms with Crippen LogP contribution in [0.2, 0.25) is 0 Å². The number of halogens is 1. The lowest BCUT2D eigenvalue weighted by molar-refractivity contribution is 0.0218. The Labute approximate surface area is 102 Å². The molecule has 1 fully saturated rings. The highest BCUT2D eigenvalue weighted by molar-refractivity contribution is 5.17. The predicted molar refractivity (Wildman–Crippen MR) is 66.1 cm³/mol. The number of aliphatic hydroxyl groups is 1. The topological polar surface area (TPSA) is 23.5 Å². The maximum atomic E-state index is 13.5. The zero-order valence-electron chi connectivity index (χ0n) is 10.3. The second-order valence-electron chi connectivity index (χ2n) is 4.85. The van der Waals surface area contributed by atoms with Crippen molar-refractivity contribution in [3.63, 3.8) is 0 Å². The van der Waals surface area contributed by atoms with E-state index < -0.39 is 0 Å². The highest BCUT2D eigenvalue weighted by atomic mass is 19.1. The Morgan fingerprint density at radius 3 is 2.88 bits per heavy atom. The van der Waals surface area contributed by atoms with Crippen LogP contribution < -0.4 is 0 Å². The lowest BCUT2D eigenvalue weighted by Crippen LogP contribution is -2.42. The van der Waals surface area contributed by atoms with E-state index in [0.717, 1.165) is 31.5 Å². The van der Waals surface area contributed by atoms with Crippen LogP contribution in [0, 0.1) is 11.7 Å². The van der Waals surface area contributed by atoms with Crippen LogP contribution in [-0.4, -0.2) is 29.2 Å². The van der Waals surface area contributed by atoms with Crippen molar-refractivity contribution in [1.82, 2.24) is 4.90 Å². The van der Waals surface area contributed by atoms with Gasteiger partial charge in [-0.2, -0.15) is 0 Å². The van der Waals surface area contributed by atoms with E-state index in [1.165, 1.54) is 6.07 Å². The van der Waals surface area contributed by atoms with Gasteiger partial charge in [0, 0.05) is 25.2 Å². The summed E-state index contributed by atoms with van der Waals surface area (Å²) in [6, 6.07) is 6.93. The maximum absolute atomic E-state index is 13.5. The van der Waals surface area contributed by atoms with Gasteiger partial charge >= 0.3 is 0 Å². The SMILES string of the molecule is CCC1CN(Cc2ccccc2F)CCC1O. The van der Waals surface area contributed by atoms with E-state index in [0.29, 0.717) is 12.5 Å². The Hall–Kier alpha value is -0.930. The third kappa shape index (κ3) is 3.05. The lowest BCUT2D eigenvalue weighted by Gasteiger charge is -2.35. The molecule has 0 amide bonds. The molecule has 17 heavy (non-hydrogen) atoms. The van der Waals surface area contributed by atoms with Gasteiger partial charge in [0.15, 0.2) is 0 Å². The van der Waals surface area contributed by atoms with Crippen molar-refractivity contribution in [2.45, 2.75) is 32.4 Å². The molecule has 1 N–H and O–H groups in total. The van der Waals surface area contributed by atoms with Crippen LogP contribution in [0.5, 0.6) is 0 Å². The summed E-state index contributed by atoms with van der Waals surface area (Å²) >= 11 is 0. The molecule has 0 saturated carbocycles. The first-order valence-electron chi connectivity index (χ1n) is 6.34. The monoisotopic (exact) mass is 237 g/mol. The highest BCUT2D eigenvalue weighted by Crippen LogP contribution is 2.22. The normalized spacial score (nSPS) is 26.1. The quantitative estimate of drug-likeness (QED) is 0.872. The van der Waals surface area contributed by atoms with Crippen LogP contribution in [0.1, 0.15) is 25.3 Å². The molecule has 3 heteroatoms. The van der Waals surface area contributed by atoms with E-state index in [1.807, 2.05) is 12.1 Å². The van der Waals surface area contributed by atoms with Crippen molar-refractivity contribution in [3.05, 3.63) is 35.6 Å². The number of nitrogens with zero attached hydrogens (tertiary/aromatic N) is 1. The summed E-state index contributed by atoms with van der Waals surface area (Å²) in [5.74, 6) is 0.196. The van der Waals surface area contributed by atoms with E-state index >= 15 is 0 Å². The second kappa shape index (κ2) is 5.61. The summed E-state index contributed by atoms with van der Waals surface area (Å²) in [6.07, 6.45) is 1.60. The van der Waals surface area contributed by atoms with Crippen molar-refractivity contribution < 1.29 is 9.50 Å². The van der Waals surface area contributed by atoms with Gasteiger partial charge in [-0.25, -0.2) is 4.39 Å². The molecule has 2 rings (SSSR count). The van der Waals surface area contributed by atoms with Crippen LogP contribution in [0.3, 0.4) is 0 Å². The molecule has 2 atom stereocenters. The summed E-state index contributed by atoms with van der Waals surface area (Å²) in [5.41, 5.74) is 0.749. The molecule has 2 nitrogen and oxygen atoms in total. The number of aliphatic hydroxyl groups excluding tert-OH is 1. The van der Waals surface area contributed by atoms with Gasteiger partial charge in [-0.3, -0.25) is 4.90 Å². The number of hydrogen-bond donors (Lipinski definition) is 1. The fourth-order valence-corrected chi connectivity index (χ4v) is 2.51. The average Bonchev–Trinajstić information content (AvgIpc) is 2.34. The van der Waals surface area contributed by atoms with Crippen molar-refractivity contribution in [3.8, 4) is 0 Å². The molecule has 1 aromatic rings. The summed E-state index contributed by atoms with van der Waals surface area (Å²) in [7, 11) is 0. The van der Waals surface area contributed by atoms with Gasteiger partial charge in [-0.05, 0) is 24.8 Å². The Balaban J connectivity index is 1.98. The molecular formula is C14H20FNO. The lowest BCUT2D eigenvalue weighted by atomic mass is 9.92. The third-order valence-electron chi connectivity index (χ3n) is 3.65. The van der Waals surface area contributed by atoms with Crippen LogP contribution in [-0.2, 0) is 6.54 Å². The molecule has 0 radical (unpaired) electrons. The predicted octanol–water partition coefficient (Wildman–Crippen LogP) is 2.42. The van der Waals surface area contributed by atoms with E-state index in [-0.39, 0.29) is 11.9 Å². The van der Waals surface area contributed by atoms with Gasteiger partial charge in [0.25, 0.3) is 0 Å². The third-order valence-corrected chi connectivity index (χ3v) is 3.65. The summed E-state index contributed by atoms with van der Waals surface area (Å²) in [4.78, 5) is 2.24. The van der Waals surface area contributed by atoms with Gasteiger partial charge in [0.2, 0.25) is 0 Å². The Morgan fingerprint density at radius 2 is 2.18 bits per heavy atom. The molecule has 1 aliphatic rings. The molecule has 0 aromatic heterocycles. The fourth-order valence-electron chi connectivity index (χ4n) is 2.51. The summed E-state index contributed by atoms with van der Waals surface area (Å²) in [6.45, 7) is 4.47. The molecule has 1 heterocycles. The molecule has 94 valence electrons. The molecule has 0 aliphatic carbocycles. The van der Waals surface area contributed by atoms with Crippen LogP contribution >= 0.6 is 0 Å². The minimum atomic E-state index is -0.183. The average molecular weight is 237 g/mol. The number of benzene rings is 1. The van der Waals surface area contributed by atoms with Crippen molar-refractivity contribution in [1.29, 1.82) is 0 Å². The Bertz CT molecular complexity index is 369. The fraction of sp³-hybridized carbons (Fsp3) is 0.571. The van der Waals surface area contributed by atoms with Gasteiger partial charge in [0.05, 0.1) is 6.10 Å².